The van der Waals surface area contributed by atoms with Gasteiger partial charge in [-0.1, -0.05) is 10.2 Å². The van der Waals surface area contributed by atoms with Crippen molar-refractivity contribution in [1.82, 2.24) is 20.4 Å². The molecule has 1 aromatic rings. The van der Waals surface area contributed by atoms with Crippen molar-refractivity contribution in [3.05, 3.63) is 5.28 Å². The predicted octanol–water partition coefficient (Wildman–Crippen LogP) is 5.70. The van der Waals surface area contributed by atoms with Gasteiger partial charge in [0.1, 0.15) is 0 Å². The van der Waals surface area contributed by atoms with Crippen LogP contribution < -0.4 is 4.74 Å². The Labute approximate surface area is 184 Å². The number of halogens is 18. The fraction of sp³-hybridized carbons (Fsp3) is 0.833. The summed E-state index contributed by atoms with van der Waals surface area (Å²) >= 11 is 5.09. The topological polar surface area (TPSA) is 60.8 Å². The molecule has 1 heterocycles. The highest BCUT2D eigenvalue weighted by atomic mass is 35.5. The van der Waals surface area contributed by atoms with Gasteiger partial charge in [-0.2, -0.15) is 74.6 Å². The number of aromatic nitrogens is 4. The van der Waals surface area contributed by atoms with Gasteiger partial charge in [0, 0.05) is 0 Å². The first-order valence-electron chi connectivity index (χ1n) is 7.79. The van der Waals surface area contributed by atoms with Crippen molar-refractivity contribution >= 4 is 11.6 Å². The van der Waals surface area contributed by atoms with Crippen LogP contribution in [0.15, 0.2) is 0 Å². The molecule has 0 aromatic carbocycles. The highest BCUT2D eigenvalue weighted by molar-refractivity contribution is 6.28. The number of hydrogen-bond donors (Lipinski definition) is 0. The Bertz CT molecular complexity index is 888. The SMILES string of the molecule is FC(F)(F)C(F)(F)C(F)(F)C(F)(F)C(F)(F)C(F)(F)C(F)(F)C(F)(F)CCOc1nnc(Cl)nn1. The first kappa shape index (κ1) is 30.9. The lowest BCUT2D eigenvalue weighted by Gasteiger charge is -2.42. The smallest absolute Gasteiger partial charge is 0.460 e. The minimum atomic E-state index is -8.67. The Morgan fingerprint density at radius 2 is 0.857 bits per heavy atom. The summed E-state index contributed by atoms with van der Waals surface area (Å²) in [5, 5.41) is 10.7. The molecule has 0 aliphatic heterocycles. The molecule has 0 unspecified atom stereocenters. The largest absolute Gasteiger partial charge is 0.461 e. The fourth-order valence-electron chi connectivity index (χ4n) is 1.89. The molecule has 1 aromatic heterocycles. The van der Waals surface area contributed by atoms with E-state index in [1.54, 1.807) is 0 Å². The van der Waals surface area contributed by atoms with E-state index < -0.39 is 72.0 Å². The number of ether oxygens (including phenoxy) is 1. The van der Waals surface area contributed by atoms with Crippen LogP contribution in [-0.2, 0) is 0 Å². The molecule has 23 heteroatoms. The zero-order chi connectivity index (χ0) is 28.1. The molecule has 0 saturated heterocycles. The molecule has 0 radical (unpaired) electrons. The average molecular weight is 579 g/mol. The Morgan fingerprint density at radius 3 is 1.23 bits per heavy atom. The highest BCUT2D eigenvalue weighted by Crippen LogP contribution is 2.64. The molecule has 0 N–H and O–H groups in total. The lowest BCUT2D eigenvalue weighted by atomic mass is 9.88. The minimum Gasteiger partial charge on any atom is -0.461 e. The maximum Gasteiger partial charge on any atom is 0.460 e. The van der Waals surface area contributed by atoms with Crippen molar-refractivity contribution in [3.8, 4) is 6.01 Å². The maximum atomic E-state index is 13.6. The van der Waals surface area contributed by atoms with Crippen molar-refractivity contribution < 1.29 is 79.4 Å². The molecule has 5 nitrogen and oxygen atoms in total. The second-order valence-electron chi connectivity index (χ2n) is 6.20. The molecular weight excluding hydrogens is 575 g/mol. The maximum absolute atomic E-state index is 13.6. The molecule has 0 saturated carbocycles. The standard InChI is InChI=1S/C12H4ClF17N4O/c13-3-31-33-4(34-32-3)35-2-1-5(14,15)6(16,17)7(18,19)8(20,21)9(22,23)10(24,25)11(26,27)12(28,29)30/h1-2H2. The molecule has 0 spiro atoms. The van der Waals surface area contributed by atoms with Gasteiger partial charge in [0.25, 0.3) is 5.28 Å². The monoisotopic (exact) mass is 578 g/mol. The summed E-state index contributed by atoms with van der Waals surface area (Å²) in [5.41, 5.74) is 0. The van der Waals surface area contributed by atoms with E-state index in [-0.39, 0.29) is 0 Å². The summed E-state index contributed by atoms with van der Waals surface area (Å²) in [6.45, 7) is -1.92. The van der Waals surface area contributed by atoms with Crippen molar-refractivity contribution in [2.24, 2.45) is 0 Å². The second kappa shape index (κ2) is 8.75. The van der Waals surface area contributed by atoms with E-state index in [0.29, 0.717) is 0 Å². The van der Waals surface area contributed by atoms with E-state index in [4.69, 9.17) is 11.6 Å². The molecule has 0 atom stereocenters. The Kier molecular flexibility index (Phi) is 7.71. The van der Waals surface area contributed by atoms with Crippen LogP contribution in [0.4, 0.5) is 74.6 Å². The van der Waals surface area contributed by atoms with Crippen molar-refractivity contribution in [2.45, 2.75) is 54.1 Å². The Morgan fingerprint density at radius 1 is 0.514 bits per heavy atom. The molecule has 204 valence electrons. The van der Waals surface area contributed by atoms with E-state index >= 15 is 0 Å². The summed E-state index contributed by atoms with van der Waals surface area (Å²) in [6, 6.07) is -1.16. The van der Waals surface area contributed by atoms with Gasteiger partial charge in [0.15, 0.2) is 0 Å². The quantitative estimate of drug-likeness (QED) is 0.334. The van der Waals surface area contributed by atoms with Crippen LogP contribution in [-0.4, -0.2) is 74.6 Å². The van der Waals surface area contributed by atoms with Gasteiger partial charge in [0.2, 0.25) is 0 Å². The molecule has 35 heavy (non-hydrogen) atoms. The van der Waals surface area contributed by atoms with Crippen LogP contribution in [0.5, 0.6) is 6.01 Å². The van der Waals surface area contributed by atoms with Gasteiger partial charge in [-0.15, -0.1) is 10.2 Å². The van der Waals surface area contributed by atoms with Crippen molar-refractivity contribution in [1.29, 1.82) is 0 Å². The molecule has 0 bridgehead atoms. The number of hydrogen-bond acceptors (Lipinski definition) is 5. The first-order valence-corrected chi connectivity index (χ1v) is 8.17. The third kappa shape index (κ3) is 4.68. The molecule has 0 fully saturated rings. The molecule has 0 aliphatic rings. The highest BCUT2D eigenvalue weighted by Gasteiger charge is 2.95. The molecule has 1 rings (SSSR count). The number of alkyl halides is 17. The molecule has 0 aliphatic carbocycles. The van der Waals surface area contributed by atoms with Gasteiger partial charge >= 0.3 is 53.6 Å². The Balaban J connectivity index is 3.34. The van der Waals surface area contributed by atoms with Gasteiger partial charge in [-0.3, -0.25) is 0 Å². The predicted molar refractivity (Wildman–Crippen MR) is 73.4 cm³/mol. The Hall–Kier alpha value is -2.16. The van der Waals surface area contributed by atoms with E-state index in [1.807, 2.05) is 0 Å². The first-order chi connectivity index (χ1) is 15.2. The zero-order valence-electron chi connectivity index (χ0n) is 15.4. The molecule has 0 amide bonds. The van der Waals surface area contributed by atoms with Crippen molar-refractivity contribution in [3.63, 3.8) is 0 Å². The van der Waals surface area contributed by atoms with Crippen molar-refractivity contribution in [2.75, 3.05) is 6.61 Å². The van der Waals surface area contributed by atoms with Gasteiger partial charge < -0.3 is 4.74 Å². The summed E-state index contributed by atoms with van der Waals surface area (Å²) in [5.74, 6) is -56.8. The lowest BCUT2D eigenvalue weighted by molar-refractivity contribution is -0.461. The summed E-state index contributed by atoms with van der Waals surface area (Å²) in [7, 11) is 0. The van der Waals surface area contributed by atoms with Gasteiger partial charge in [-0.25, -0.2) is 0 Å². The summed E-state index contributed by atoms with van der Waals surface area (Å²) < 4.78 is 227. The average Bonchev–Trinajstić information content (AvgIpc) is 2.67. The number of rotatable bonds is 10. The van der Waals surface area contributed by atoms with Crippen LogP contribution in [0.3, 0.4) is 0 Å². The van der Waals surface area contributed by atoms with E-state index in [2.05, 4.69) is 25.1 Å². The van der Waals surface area contributed by atoms with E-state index in [0.717, 1.165) is 0 Å². The van der Waals surface area contributed by atoms with Crippen LogP contribution in [0, 0.1) is 0 Å². The van der Waals surface area contributed by atoms with E-state index in [1.165, 1.54) is 0 Å². The van der Waals surface area contributed by atoms with Crippen LogP contribution in [0.25, 0.3) is 0 Å². The van der Waals surface area contributed by atoms with Gasteiger partial charge in [0.05, 0.1) is 13.0 Å². The van der Waals surface area contributed by atoms with Crippen LogP contribution >= 0.6 is 11.6 Å². The molecular formula is C12H4ClF17N4O. The van der Waals surface area contributed by atoms with Crippen LogP contribution in [0.1, 0.15) is 6.42 Å². The fourth-order valence-corrected chi connectivity index (χ4v) is 1.97. The van der Waals surface area contributed by atoms with E-state index in [9.17, 15) is 74.6 Å². The van der Waals surface area contributed by atoms with Gasteiger partial charge in [-0.05, 0) is 11.6 Å². The number of nitrogens with zero attached hydrogens (tertiary/aromatic N) is 4. The third-order valence-electron chi connectivity index (χ3n) is 3.87. The zero-order valence-corrected chi connectivity index (χ0v) is 16.2. The second-order valence-corrected chi connectivity index (χ2v) is 6.54. The summed E-state index contributed by atoms with van der Waals surface area (Å²) in [6.07, 6.45) is -10.6. The summed E-state index contributed by atoms with van der Waals surface area (Å²) in [4.78, 5) is 0. The minimum absolute atomic E-state index is 0.690. The normalized spacial score (nSPS) is 15.4. The lowest BCUT2D eigenvalue weighted by Crippen LogP contribution is -2.74. The van der Waals surface area contributed by atoms with Crippen LogP contribution in [0.2, 0.25) is 5.28 Å². The third-order valence-corrected chi connectivity index (χ3v) is 4.02.